The van der Waals surface area contributed by atoms with Gasteiger partial charge >= 0.3 is 0 Å². The number of hydrogen-bond donors (Lipinski definition) is 1. The van der Waals surface area contributed by atoms with E-state index in [9.17, 15) is 14.3 Å². The molecule has 0 saturated heterocycles. The van der Waals surface area contributed by atoms with Crippen LogP contribution >= 0.6 is 0 Å². The van der Waals surface area contributed by atoms with Crippen LogP contribution in [0.5, 0.6) is 0 Å². The first-order valence-corrected chi connectivity index (χ1v) is 8.79. The van der Waals surface area contributed by atoms with Gasteiger partial charge in [-0.15, -0.1) is 0 Å². The van der Waals surface area contributed by atoms with Gasteiger partial charge in [0.05, 0.1) is 0 Å². The molecule has 26 heavy (non-hydrogen) atoms. The van der Waals surface area contributed by atoms with E-state index in [1.807, 2.05) is 50.2 Å². The van der Waals surface area contributed by atoms with Crippen molar-refractivity contribution < 1.29 is 14.3 Å². The first-order valence-electron chi connectivity index (χ1n) is 8.79. The van der Waals surface area contributed by atoms with Gasteiger partial charge in [0.1, 0.15) is 11.9 Å². The summed E-state index contributed by atoms with van der Waals surface area (Å²) in [5.41, 5.74) is 2.90. The molecule has 0 fully saturated rings. The number of likely N-dealkylation sites (N-methyl/N-ethyl adjacent to an activating group) is 1. The second kappa shape index (κ2) is 9.46. The highest BCUT2D eigenvalue weighted by Crippen LogP contribution is 2.23. The average molecular weight is 358 g/mol. The molecule has 0 saturated carbocycles. The quantitative estimate of drug-likeness (QED) is 0.788. The molecule has 1 atom stereocenters. The fourth-order valence-electron chi connectivity index (χ4n) is 3.01. The number of aryl methyl sites for hydroxylation is 1. The number of carbonyl (C=O) groups excluding carboxylic acids is 1. The van der Waals surface area contributed by atoms with Crippen LogP contribution in [0.3, 0.4) is 0 Å². The minimum atomic E-state index is -0.408. The van der Waals surface area contributed by atoms with E-state index < -0.39 is 6.04 Å². The standard InChI is InChI=1S/C21H27FN2O2/c1-16-6-4-7-18(14-16)20(23(2)3)21(26)24(12-5-13-25)15-17-8-10-19(22)11-9-17/h4,6-11,14,20,25H,5,12-13,15H2,1-3H3/t20-/m1/s1. The lowest BCUT2D eigenvalue weighted by atomic mass is 10.0. The average Bonchev–Trinajstić information content (AvgIpc) is 2.60. The van der Waals surface area contributed by atoms with Crippen LogP contribution in [0.2, 0.25) is 0 Å². The summed E-state index contributed by atoms with van der Waals surface area (Å²) in [5, 5.41) is 9.20. The van der Waals surface area contributed by atoms with Crippen LogP contribution in [0.4, 0.5) is 4.39 Å². The van der Waals surface area contributed by atoms with Crippen LogP contribution in [0.25, 0.3) is 0 Å². The minimum Gasteiger partial charge on any atom is -0.396 e. The van der Waals surface area contributed by atoms with E-state index in [2.05, 4.69) is 0 Å². The van der Waals surface area contributed by atoms with Gasteiger partial charge in [-0.1, -0.05) is 42.0 Å². The number of halogens is 1. The van der Waals surface area contributed by atoms with Crippen molar-refractivity contribution >= 4 is 5.91 Å². The third-order valence-corrected chi connectivity index (χ3v) is 4.29. The first kappa shape index (κ1) is 20.1. The van der Waals surface area contributed by atoms with Gasteiger partial charge in [-0.3, -0.25) is 9.69 Å². The number of hydrogen-bond acceptors (Lipinski definition) is 3. The summed E-state index contributed by atoms with van der Waals surface area (Å²) in [6, 6.07) is 13.7. The summed E-state index contributed by atoms with van der Waals surface area (Å²) < 4.78 is 13.2. The third-order valence-electron chi connectivity index (χ3n) is 4.29. The maximum Gasteiger partial charge on any atom is 0.244 e. The molecule has 2 aromatic carbocycles. The van der Waals surface area contributed by atoms with Gasteiger partial charge in [-0.25, -0.2) is 4.39 Å². The van der Waals surface area contributed by atoms with E-state index >= 15 is 0 Å². The Morgan fingerprint density at radius 1 is 1.15 bits per heavy atom. The van der Waals surface area contributed by atoms with Crippen molar-refractivity contribution in [3.8, 4) is 0 Å². The fraction of sp³-hybridized carbons (Fsp3) is 0.381. The second-order valence-corrected chi connectivity index (χ2v) is 6.74. The van der Waals surface area contributed by atoms with E-state index in [-0.39, 0.29) is 18.3 Å². The lowest BCUT2D eigenvalue weighted by molar-refractivity contribution is -0.137. The number of amides is 1. The van der Waals surface area contributed by atoms with Gasteiger partial charge in [-0.05, 0) is 50.7 Å². The summed E-state index contributed by atoms with van der Waals surface area (Å²) in [6.07, 6.45) is 0.501. The highest BCUT2D eigenvalue weighted by molar-refractivity contribution is 5.83. The van der Waals surface area contributed by atoms with Crippen LogP contribution in [0.1, 0.15) is 29.2 Å². The molecule has 1 N–H and O–H groups in total. The molecule has 1 amide bonds. The zero-order valence-corrected chi connectivity index (χ0v) is 15.7. The summed E-state index contributed by atoms with van der Waals surface area (Å²) in [4.78, 5) is 16.9. The van der Waals surface area contributed by atoms with Crippen molar-refractivity contribution in [3.05, 3.63) is 71.0 Å². The van der Waals surface area contributed by atoms with Crippen molar-refractivity contribution in [1.29, 1.82) is 0 Å². The molecule has 0 radical (unpaired) electrons. The van der Waals surface area contributed by atoms with Crippen LogP contribution in [-0.4, -0.2) is 48.1 Å². The molecule has 0 bridgehead atoms. The van der Waals surface area contributed by atoms with Gasteiger partial charge in [0.2, 0.25) is 5.91 Å². The fourth-order valence-corrected chi connectivity index (χ4v) is 3.01. The predicted molar refractivity (Wildman–Crippen MR) is 101 cm³/mol. The van der Waals surface area contributed by atoms with Gasteiger partial charge in [0.25, 0.3) is 0 Å². The smallest absolute Gasteiger partial charge is 0.244 e. The monoisotopic (exact) mass is 358 g/mol. The van der Waals surface area contributed by atoms with Crippen LogP contribution in [0.15, 0.2) is 48.5 Å². The van der Waals surface area contributed by atoms with Gasteiger partial charge in [0, 0.05) is 19.7 Å². The van der Waals surface area contributed by atoms with Crippen molar-refractivity contribution in [2.75, 3.05) is 27.2 Å². The Morgan fingerprint density at radius 2 is 1.85 bits per heavy atom. The summed E-state index contributed by atoms with van der Waals surface area (Å²) in [6.45, 7) is 2.85. The Labute approximate surface area is 154 Å². The van der Waals surface area contributed by atoms with E-state index in [1.54, 1.807) is 17.0 Å². The molecule has 0 unspecified atom stereocenters. The molecule has 0 aliphatic heterocycles. The minimum absolute atomic E-state index is 0.0181. The zero-order chi connectivity index (χ0) is 19.1. The van der Waals surface area contributed by atoms with Gasteiger partial charge in [0.15, 0.2) is 0 Å². The SMILES string of the molecule is Cc1cccc([C@H](C(=O)N(CCCO)Cc2ccc(F)cc2)N(C)C)c1. The van der Waals surface area contributed by atoms with Crippen molar-refractivity contribution in [2.45, 2.75) is 25.9 Å². The molecule has 2 rings (SSSR count). The molecule has 140 valence electrons. The number of aliphatic hydroxyl groups is 1. The van der Waals surface area contributed by atoms with Crippen LogP contribution in [0, 0.1) is 12.7 Å². The number of rotatable bonds is 8. The number of carbonyl (C=O) groups is 1. The second-order valence-electron chi connectivity index (χ2n) is 6.74. The summed E-state index contributed by atoms with van der Waals surface area (Å²) in [5.74, 6) is -0.328. The molecule has 0 heterocycles. The highest BCUT2D eigenvalue weighted by atomic mass is 19.1. The van der Waals surface area contributed by atoms with Crippen LogP contribution in [-0.2, 0) is 11.3 Å². The normalized spacial score (nSPS) is 12.2. The zero-order valence-electron chi connectivity index (χ0n) is 15.7. The third kappa shape index (κ3) is 5.38. The first-order chi connectivity index (χ1) is 12.4. The van der Waals surface area contributed by atoms with E-state index in [4.69, 9.17) is 0 Å². The van der Waals surface area contributed by atoms with Crippen molar-refractivity contribution in [2.24, 2.45) is 0 Å². The molecular formula is C21H27FN2O2. The molecule has 0 aromatic heterocycles. The van der Waals surface area contributed by atoms with E-state index in [1.165, 1.54) is 12.1 Å². The molecule has 5 heteroatoms. The lowest BCUT2D eigenvalue weighted by Crippen LogP contribution is -2.41. The molecule has 2 aromatic rings. The Balaban J connectivity index is 2.28. The van der Waals surface area contributed by atoms with Gasteiger partial charge in [-0.2, -0.15) is 0 Å². The molecule has 4 nitrogen and oxygen atoms in total. The Bertz CT molecular complexity index is 716. The largest absolute Gasteiger partial charge is 0.396 e. The van der Waals surface area contributed by atoms with Gasteiger partial charge < -0.3 is 10.0 Å². The van der Waals surface area contributed by atoms with Crippen molar-refractivity contribution in [3.63, 3.8) is 0 Å². The Hall–Kier alpha value is -2.24. The van der Waals surface area contributed by atoms with E-state index in [0.29, 0.717) is 19.5 Å². The summed E-state index contributed by atoms with van der Waals surface area (Å²) >= 11 is 0. The predicted octanol–water partition coefficient (Wildman–Crippen LogP) is 3.15. The van der Waals surface area contributed by atoms with E-state index in [0.717, 1.165) is 16.7 Å². The highest BCUT2D eigenvalue weighted by Gasteiger charge is 2.27. The molecule has 0 aliphatic carbocycles. The maximum absolute atomic E-state index is 13.3. The molecule has 0 aliphatic rings. The van der Waals surface area contributed by atoms with Crippen molar-refractivity contribution in [1.82, 2.24) is 9.80 Å². The van der Waals surface area contributed by atoms with Crippen LogP contribution < -0.4 is 0 Å². The Kier molecular flexibility index (Phi) is 7.30. The number of nitrogens with zero attached hydrogens (tertiary/aromatic N) is 2. The number of benzene rings is 2. The topological polar surface area (TPSA) is 43.8 Å². The summed E-state index contributed by atoms with van der Waals surface area (Å²) in [7, 11) is 3.76. The molecule has 0 spiro atoms. The lowest BCUT2D eigenvalue weighted by Gasteiger charge is -2.31. The maximum atomic E-state index is 13.3. The molecular weight excluding hydrogens is 331 g/mol. The number of aliphatic hydroxyl groups excluding tert-OH is 1. The Morgan fingerprint density at radius 3 is 2.42 bits per heavy atom.